The van der Waals surface area contributed by atoms with Crippen LogP contribution in [0.25, 0.3) is 0 Å². The van der Waals surface area contributed by atoms with Crippen LogP contribution in [0, 0.1) is 17.3 Å². The molecule has 5 fully saturated rings. The Balaban J connectivity index is 1.22. The van der Waals surface area contributed by atoms with Gasteiger partial charge in [-0.25, -0.2) is 4.98 Å². The van der Waals surface area contributed by atoms with Crippen molar-refractivity contribution in [1.82, 2.24) is 9.88 Å². The summed E-state index contributed by atoms with van der Waals surface area (Å²) in [7, 11) is 0. The third-order valence-corrected chi connectivity index (χ3v) is 8.37. The van der Waals surface area contributed by atoms with E-state index in [2.05, 4.69) is 51.2 Å². The topological polar surface area (TPSA) is 36.4 Å². The van der Waals surface area contributed by atoms with Gasteiger partial charge in [-0.2, -0.15) is 0 Å². The summed E-state index contributed by atoms with van der Waals surface area (Å²) in [5.74, 6) is 2.81. The summed E-state index contributed by atoms with van der Waals surface area (Å²) < 4.78 is 0. The van der Waals surface area contributed by atoms with Crippen LogP contribution in [0.1, 0.15) is 37.7 Å². The number of nitrogens with zero attached hydrogens (tertiary/aromatic N) is 3. The van der Waals surface area contributed by atoms with Gasteiger partial charge in [-0.3, -0.25) is 4.79 Å². The fraction of sp³-hybridized carbons (Fsp3) is 0.520. The summed E-state index contributed by atoms with van der Waals surface area (Å²) in [6.07, 6.45) is 7.83. The first-order valence-corrected chi connectivity index (χ1v) is 11.2. The molecule has 4 nitrogen and oxygen atoms in total. The number of anilines is 1. The van der Waals surface area contributed by atoms with Crippen molar-refractivity contribution in [1.29, 1.82) is 0 Å². The van der Waals surface area contributed by atoms with Crippen LogP contribution in [0.2, 0.25) is 0 Å². The third-order valence-electron chi connectivity index (χ3n) is 8.37. The first-order chi connectivity index (χ1) is 14.2. The molecule has 4 bridgehead atoms. The molecule has 2 aromatic rings. The average molecular weight is 388 g/mol. The van der Waals surface area contributed by atoms with Gasteiger partial charge in [0.15, 0.2) is 0 Å². The largest absolute Gasteiger partial charge is 0.353 e. The highest BCUT2D eigenvalue weighted by molar-refractivity contribution is 5.85. The molecule has 1 aromatic carbocycles. The zero-order valence-electron chi connectivity index (χ0n) is 17.0. The lowest BCUT2D eigenvalue weighted by molar-refractivity contribution is -0.144. The lowest BCUT2D eigenvalue weighted by atomic mass is 9.63. The fourth-order valence-corrected chi connectivity index (χ4v) is 7.36. The number of pyridine rings is 1. The second-order valence-electron chi connectivity index (χ2n) is 9.86. The van der Waals surface area contributed by atoms with Crippen LogP contribution < -0.4 is 4.90 Å². The number of carbonyl (C=O) groups excluding carboxylic acids is 1. The summed E-state index contributed by atoms with van der Waals surface area (Å²) in [5, 5.41) is 0. The molecule has 4 saturated carbocycles. The van der Waals surface area contributed by atoms with E-state index in [4.69, 9.17) is 0 Å². The van der Waals surface area contributed by atoms with Crippen molar-refractivity contribution in [2.45, 2.75) is 37.5 Å². The maximum Gasteiger partial charge on any atom is 0.229 e. The second kappa shape index (κ2) is 6.32. The lowest BCUT2D eigenvalue weighted by Gasteiger charge is -2.44. The van der Waals surface area contributed by atoms with Gasteiger partial charge in [-0.05, 0) is 67.1 Å². The molecule has 1 aromatic heterocycles. The van der Waals surface area contributed by atoms with Crippen LogP contribution in [0.4, 0.5) is 5.82 Å². The van der Waals surface area contributed by atoms with Crippen molar-refractivity contribution in [3.63, 3.8) is 0 Å². The number of rotatable bonds is 3. The quantitative estimate of drug-likeness (QED) is 0.802. The molecule has 1 amide bonds. The molecule has 7 rings (SSSR count). The van der Waals surface area contributed by atoms with Gasteiger partial charge in [0.25, 0.3) is 0 Å². The van der Waals surface area contributed by atoms with Gasteiger partial charge in [-0.15, -0.1) is 0 Å². The van der Waals surface area contributed by atoms with Crippen LogP contribution in [0.5, 0.6) is 0 Å². The SMILES string of the molecule is O=C(N1CCN(c2ccccn2)CC1)C12CC3CC1CC(c1ccccc1)(C3)C2. The Bertz CT molecular complexity index is 908. The van der Waals surface area contributed by atoms with E-state index < -0.39 is 0 Å². The Hall–Kier alpha value is -2.36. The molecular formula is C25H29N3O. The van der Waals surface area contributed by atoms with Gasteiger partial charge in [0.1, 0.15) is 5.82 Å². The van der Waals surface area contributed by atoms with E-state index >= 15 is 0 Å². The number of hydrogen-bond donors (Lipinski definition) is 0. The predicted molar refractivity (Wildman–Crippen MR) is 114 cm³/mol. The molecule has 29 heavy (non-hydrogen) atoms. The van der Waals surface area contributed by atoms with Gasteiger partial charge in [0, 0.05) is 32.4 Å². The molecule has 0 spiro atoms. The molecule has 2 heterocycles. The summed E-state index contributed by atoms with van der Waals surface area (Å²) in [5.41, 5.74) is 1.63. The van der Waals surface area contributed by atoms with Crippen molar-refractivity contribution in [2.24, 2.45) is 17.3 Å². The molecule has 150 valence electrons. The van der Waals surface area contributed by atoms with Crippen LogP contribution in [0.3, 0.4) is 0 Å². The van der Waals surface area contributed by atoms with Crippen LogP contribution >= 0.6 is 0 Å². The van der Waals surface area contributed by atoms with Gasteiger partial charge in [0.05, 0.1) is 5.41 Å². The number of amides is 1. The van der Waals surface area contributed by atoms with Gasteiger partial charge in [0.2, 0.25) is 5.91 Å². The smallest absolute Gasteiger partial charge is 0.229 e. The summed E-state index contributed by atoms with van der Waals surface area (Å²) >= 11 is 0. The van der Waals surface area contributed by atoms with Crippen LogP contribution in [0.15, 0.2) is 54.7 Å². The Morgan fingerprint density at radius 1 is 0.931 bits per heavy atom. The van der Waals surface area contributed by atoms with E-state index in [1.807, 2.05) is 18.3 Å². The molecule has 1 saturated heterocycles. The summed E-state index contributed by atoms with van der Waals surface area (Å²) in [6, 6.07) is 17.1. The van der Waals surface area contributed by atoms with E-state index in [1.54, 1.807) is 0 Å². The highest BCUT2D eigenvalue weighted by atomic mass is 16.2. The minimum atomic E-state index is -0.0913. The second-order valence-corrected chi connectivity index (χ2v) is 9.86. The van der Waals surface area contributed by atoms with E-state index in [0.29, 0.717) is 11.8 Å². The van der Waals surface area contributed by atoms with Crippen molar-refractivity contribution in [2.75, 3.05) is 31.1 Å². The van der Waals surface area contributed by atoms with Gasteiger partial charge < -0.3 is 9.80 Å². The zero-order chi connectivity index (χ0) is 19.5. The Kier molecular flexibility index (Phi) is 3.81. The molecule has 4 atom stereocenters. The van der Waals surface area contributed by atoms with Crippen LogP contribution in [-0.2, 0) is 10.2 Å². The highest BCUT2D eigenvalue weighted by Crippen LogP contribution is 2.71. The number of hydrogen-bond acceptors (Lipinski definition) is 3. The molecule has 4 aliphatic carbocycles. The molecule has 1 aliphatic heterocycles. The summed E-state index contributed by atoms with van der Waals surface area (Å²) in [4.78, 5) is 22.9. The maximum atomic E-state index is 13.9. The standard InChI is InChI=1S/C25H29N3O/c29-23(28-12-10-27(11-13-28)22-8-4-5-9-26-22)25-16-19-14-21(25)17-24(15-19,18-25)20-6-2-1-3-7-20/h1-9,19,21H,10-18H2. The molecular weight excluding hydrogens is 358 g/mol. The molecule has 4 heteroatoms. The van der Waals surface area contributed by atoms with E-state index in [0.717, 1.165) is 50.8 Å². The molecule has 0 radical (unpaired) electrons. The third kappa shape index (κ3) is 2.57. The summed E-state index contributed by atoms with van der Waals surface area (Å²) in [6.45, 7) is 3.42. The van der Waals surface area contributed by atoms with E-state index in [-0.39, 0.29) is 10.8 Å². The number of benzene rings is 1. The van der Waals surface area contributed by atoms with Crippen molar-refractivity contribution >= 4 is 11.7 Å². The Morgan fingerprint density at radius 3 is 2.48 bits per heavy atom. The Morgan fingerprint density at radius 2 is 1.72 bits per heavy atom. The van der Waals surface area contributed by atoms with E-state index in [1.165, 1.54) is 24.8 Å². The highest BCUT2D eigenvalue weighted by Gasteiger charge is 2.67. The number of carbonyl (C=O) groups is 1. The van der Waals surface area contributed by atoms with Gasteiger partial charge >= 0.3 is 0 Å². The minimum Gasteiger partial charge on any atom is -0.353 e. The number of piperazine rings is 1. The van der Waals surface area contributed by atoms with Crippen molar-refractivity contribution in [3.05, 3.63) is 60.3 Å². The minimum absolute atomic E-state index is 0.0913. The average Bonchev–Trinajstić information content (AvgIpc) is 3.18. The predicted octanol–water partition coefficient (Wildman–Crippen LogP) is 3.88. The lowest BCUT2D eigenvalue weighted by Crippen LogP contribution is -2.54. The maximum absolute atomic E-state index is 13.9. The van der Waals surface area contributed by atoms with Crippen LogP contribution in [-0.4, -0.2) is 42.0 Å². The number of aromatic nitrogens is 1. The van der Waals surface area contributed by atoms with Crippen molar-refractivity contribution < 1.29 is 4.79 Å². The zero-order valence-corrected chi connectivity index (χ0v) is 17.0. The Labute approximate surface area is 172 Å². The van der Waals surface area contributed by atoms with E-state index in [9.17, 15) is 4.79 Å². The van der Waals surface area contributed by atoms with Crippen molar-refractivity contribution in [3.8, 4) is 0 Å². The monoisotopic (exact) mass is 387 g/mol. The molecule has 4 unspecified atom stereocenters. The fourth-order valence-electron chi connectivity index (χ4n) is 7.36. The first-order valence-electron chi connectivity index (χ1n) is 11.2. The normalized spacial score (nSPS) is 35.3. The molecule has 0 N–H and O–H groups in total. The first kappa shape index (κ1) is 17.5. The van der Waals surface area contributed by atoms with Gasteiger partial charge in [-0.1, -0.05) is 36.4 Å². The molecule has 5 aliphatic rings.